The van der Waals surface area contributed by atoms with Crippen LogP contribution in [0.25, 0.3) is 42.7 Å². The van der Waals surface area contributed by atoms with Gasteiger partial charge in [-0.1, -0.05) is 66.7 Å². The van der Waals surface area contributed by atoms with E-state index < -0.39 is 0 Å². The fraction of sp³-hybridized carbons (Fsp3) is 0.0417. The fourth-order valence-corrected chi connectivity index (χ4v) is 4.74. The van der Waals surface area contributed by atoms with Crippen LogP contribution in [0.1, 0.15) is 5.56 Å². The summed E-state index contributed by atoms with van der Waals surface area (Å²) in [5.74, 6) is 0. The number of para-hydroxylation sites is 1. The van der Waals surface area contributed by atoms with Gasteiger partial charge in [0.2, 0.25) is 0 Å². The molecule has 0 N–H and O–H groups in total. The third-order valence-electron chi connectivity index (χ3n) is 4.88. The van der Waals surface area contributed by atoms with Crippen molar-refractivity contribution in [1.29, 1.82) is 0 Å². The van der Waals surface area contributed by atoms with E-state index in [4.69, 9.17) is 4.98 Å². The van der Waals surface area contributed by atoms with Crippen LogP contribution >= 0.6 is 11.3 Å². The number of rotatable bonds is 2. The van der Waals surface area contributed by atoms with Crippen LogP contribution in [-0.2, 0) is 0 Å². The maximum absolute atomic E-state index is 5.00. The molecule has 0 atom stereocenters. The van der Waals surface area contributed by atoms with Crippen LogP contribution in [0.15, 0.2) is 84.9 Å². The molecule has 0 aliphatic carbocycles. The molecule has 3 aromatic carbocycles. The molecule has 5 aromatic rings. The second-order valence-corrected chi connectivity index (χ2v) is 7.54. The quantitative estimate of drug-likeness (QED) is 0.331. The van der Waals surface area contributed by atoms with Crippen LogP contribution in [-0.4, -0.2) is 4.98 Å². The molecule has 0 fully saturated rings. The Morgan fingerprint density at radius 1 is 0.731 bits per heavy atom. The minimum Gasteiger partial charge on any atom is -0.247 e. The van der Waals surface area contributed by atoms with E-state index in [-0.39, 0.29) is 0 Å². The smallest absolute Gasteiger partial charge is 0.0818 e. The Balaban J connectivity index is 1.82. The van der Waals surface area contributed by atoms with Crippen LogP contribution in [0.3, 0.4) is 0 Å². The van der Waals surface area contributed by atoms with E-state index in [1.54, 1.807) is 0 Å². The summed E-state index contributed by atoms with van der Waals surface area (Å²) >= 11 is 1.83. The Labute approximate surface area is 156 Å². The monoisotopic (exact) mass is 351 g/mol. The van der Waals surface area contributed by atoms with E-state index in [9.17, 15) is 0 Å². The Morgan fingerprint density at radius 3 is 2.23 bits per heavy atom. The molecule has 124 valence electrons. The number of aromatic nitrogens is 1. The van der Waals surface area contributed by atoms with Crippen LogP contribution in [0, 0.1) is 6.92 Å². The van der Waals surface area contributed by atoms with Crippen molar-refractivity contribution in [1.82, 2.24) is 4.98 Å². The third-order valence-corrected chi connectivity index (χ3v) is 6.17. The summed E-state index contributed by atoms with van der Waals surface area (Å²) < 4.78 is 1.32. The van der Waals surface area contributed by atoms with E-state index in [1.165, 1.54) is 37.0 Å². The van der Waals surface area contributed by atoms with Gasteiger partial charge in [0, 0.05) is 10.1 Å². The number of nitrogens with zero attached hydrogens (tertiary/aromatic N) is 1. The highest BCUT2D eigenvalue weighted by Crippen LogP contribution is 2.40. The van der Waals surface area contributed by atoms with E-state index >= 15 is 0 Å². The lowest BCUT2D eigenvalue weighted by Crippen LogP contribution is -1.89. The average molecular weight is 351 g/mol. The molecule has 26 heavy (non-hydrogen) atoms. The van der Waals surface area contributed by atoms with Crippen LogP contribution in [0.5, 0.6) is 0 Å². The normalized spacial score (nSPS) is 11.3. The first-order valence-corrected chi connectivity index (χ1v) is 9.56. The summed E-state index contributed by atoms with van der Waals surface area (Å²) in [7, 11) is 0. The van der Waals surface area contributed by atoms with Crippen molar-refractivity contribution in [3.8, 4) is 21.7 Å². The number of fused-ring (bicyclic) bond motifs is 2. The van der Waals surface area contributed by atoms with Crippen molar-refractivity contribution in [3.63, 3.8) is 0 Å². The molecule has 0 bridgehead atoms. The van der Waals surface area contributed by atoms with Crippen molar-refractivity contribution >= 4 is 32.3 Å². The number of hydrogen-bond donors (Lipinski definition) is 0. The lowest BCUT2D eigenvalue weighted by Gasteiger charge is -2.10. The first kappa shape index (κ1) is 15.3. The van der Waals surface area contributed by atoms with Gasteiger partial charge in [-0.25, -0.2) is 4.98 Å². The second-order valence-electron chi connectivity index (χ2n) is 6.49. The SMILES string of the molecule is Cc1c(-c2cc(-c3ccccc3)c3ccccc3n2)sc2ccccc12. The molecule has 2 heteroatoms. The number of hydrogen-bond acceptors (Lipinski definition) is 2. The molecule has 1 nitrogen and oxygen atoms in total. The zero-order valence-electron chi connectivity index (χ0n) is 14.4. The van der Waals surface area contributed by atoms with Crippen LogP contribution in [0.2, 0.25) is 0 Å². The predicted molar refractivity (Wildman–Crippen MR) is 113 cm³/mol. The molecule has 0 spiro atoms. The fourth-order valence-electron chi connectivity index (χ4n) is 3.57. The Morgan fingerprint density at radius 2 is 1.42 bits per heavy atom. The molecule has 0 aliphatic rings. The maximum atomic E-state index is 5.00. The third kappa shape index (κ3) is 2.42. The van der Waals surface area contributed by atoms with E-state index in [0.717, 1.165) is 11.2 Å². The lowest BCUT2D eigenvalue weighted by atomic mass is 9.99. The first-order valence-electron chi connectivity index (χ1n) is 8.75. The van der Waals surface area contributed by atoms with Crippen molar-refractivity contribution in [2.24, 2.45) is 0 Å². The average Bonchev–Trinajstić information content (AvgIpc) is 3.05. The Hall–Kier alpha value is -2.97. The summed E-state index contributed by atoms with van der Waals surface area (Å²) in [6.45, 7) is 2.20. The molecule has 0 unspecified atom stereocenters. The Kier molecular flexibility index (Phi) is 3.58. The predicted octanol–water partition coefficient (Wildman–Crippen LogP) is 7.09. The zero-order valence-corrected chi connectivity index (χ0v) is 15.3. The van der Waals surface area contributed by atoms with E-state index in [1.807, 2.05) is 11.3 Å². The minimum absolute atomic E-state index is 1.04. The molecule has 0 amide bonds. The van der Waals surface area contributed by atoms with Gasteiger partial charge in [0.25, 0.3) is 0 Å². The molecule has 0 saturated heterocycles. The number of aryl methyl sites for hydroxylation is 1. The van der Waals surface area contributed by atoms with Crippen LogP contribution in [0.4, 0.5) is 0 Å². The van der Waals surface area contributed by atoms with Gasteiger partial charge in [0.05, 0.1) is 16.1 Å². The Bertz CT molecular complexity index is 1240. The summed E-state index contributed by atoms with van der Waals surface area (Å²) in [5.41, 5.74) is 5.88. The van der Waals surface area contributed by atoms with Gasteiger partial charge >= 0.3 is 0 Å². The van der Waals surface area contributed by atoms with Crippen LogP contribution < -0.4 is 0 Å². The van der Waals surface area contributed by atoms with Gasteiger partial charge in [-0.2, -0.15) is 0 Å². The standard InChI is InChI=1S/C24H17NS/c1-16-18-11-6-8-14-23(18)26-24(16)22-15-20(17-9-3-2-4-10-17)19-12-5-7-13-21(19)25-22/h2-15H,1H3. The highest BCUT2D eigenvalue weighted by molar-refractivity contribution is 7.22. The molecule has 0 aliphatic heterocycles. The molecule has 0 radical (unpaired) electrons. The second kappa shape index (κ2) is 6.08. The van der Waals surface area contributed by atoms with Gasteiger partial charge in [-0.15, -0.1) is 11.3 Å². The van der Waals surface area contributed by atoms with Gasteiger partial charge < -0.3 is 0 Å². The minimum atomic E-state index is 1.04. The topological polar surface area (TPSA) is 12.9 Å². The number of pyridine rings is 1. The van der Waals surface area contributed by atoms with Gasteiger partial charge in [0.15, 0.2) is 0 Å². The summed E-state index contributed by atoms with van der Waals surface area (Å²) in [6, 6.07) is 29.8. The van der Waals surface area contributed by atoms with Crippen molar-refractivity contribution in [3.05, 3.63) is 90.5 Å². The van der Waals surface area contributed by atoms with Gasteiger partial charge in [0.1, 0.15) is 0 Å². The summed E-state index contributed by atoms with van der Waals surface area (Å²) in [6.07, 6.45) is 0. The molecule has 2 heterocycles. The van der Waals surface area contributed by atoms with Gasteiger partial charge in [-0.3, -0.25) is 0 Å². The number of thiophene rings is 1. The zero-order chi connectivity index (χ0) is 17.5. The summed E-state index contributed by atoms with van der Waals surface area (Å²) in [5, 5.41) is 2.52. The van der Waals surface area contributed by atoms with Crippen molar-refractivity contribution in [2.45, 2.75) is 6.92 Å². The van der Waals surface area contributed by atoms with Crippen molar-refractivity contribution < 1.29 is 0 Å². The van der Waals surface area contributed by atoms with Crippen molar-refractivity contribution in [2.75, 3.05) is 0 Å². The highest BCUT2D eigenvalue weighted by atomic mass is 32.1. The largest absolute Gasteiger partial charge is 0.247 e. The molecule has 0 saturated carbocycles. The molecular formula is C24H17NS. The molecule has 5 rings (SSSR count). The molecular weight excluding hydrogens is 334 g/mol. The first-order chi connectivity index (χ1) is 12.8. The summed E-state index contributed by atoms with van der Waals surface area (Å²) in [4.78, 5) is 6.26. The van der Waals surface area contributed by atoms with E-state index in [2.05, 4.69) is 91.9 Å². The maximum Gasteiger partial charge on any atom is 0.0818 e. The highest BCUT2D eigenvalue weighted by Gasteiger charge is 2.14. The van der Waals surface area contributed by atoms with Gasteiger partial charge in [-0.05, 0) is 47.2 Å². The molecule has 2 aromatic heterocycles. The lowest BCUT2D eigenvalue weighted by molar-refractivity contribution is 1.40. The number of benzene rings is 3. The van der Waals surface area contributed by atoms with E-state index in [0.29, 0.717) is 0 Å².